The van der Waals surface area contributed by atoms with Gasteiger partial charge >= 0.3 is 6.18 Å². The van der Waals surface area contributed by atoms with Crippen molar-refractivity contribution in [2.75, 3.05) is 5.32 Å². The number of aromatic amines is 1. The normalized spacial score (nSPS) is 11.2. The van der Waals surface area contributed by atoms with Crippen LogP contribution in [0.4, 0.5) is 18.9 Å². The van der Waals surface area contributed by atoms with Crippen molar-refractivity contribution in [1.82, 2.24) is 10.2 Å². The van der Waals surface area contributed by atoms with E-state index in [9.17, 15) is 22.8 Å². The second kappa shape index (κ2) is 5.16. The molecule has 2 rings (SSSR count). The molecule has 20 heavy (non-hydrogen) atoms. The molecule has 0 spiro atoms. The van der Waals surface area contributed by atoms with E-state index >= 15 is 0 Å². The number of halogens is 3. The fourth-order valence-corrected chi connectivity index (χ4v) is 1.46. The number of H-pyrrole nitrogens is 1. The Kier molecular flexibility index (Phi) is 3.55. The molecule has 0 saturated heterocycles. The van der Waals surface area contributed by atoms with Gasteiger partial charge in [0.1, 0.15) is 0 Å². The topological polar surface area (TPSA) is 74.8 Å². The van der Waals surface area contributed by atoms with Gasteiger partial charge < -0.3 is 5.32 Å². The molecule has 0 aliphatic heterocycles. The van der Waals surface area contributed by atoms with Crippen LogP contribution in [0.25, 0.3) is 0 Å². The molecule has 0 saturated carbocycles. The zero-order valence-corrected chi connectivity index (χ0v) is 9.86. The second-order valence-corrected chi connectivity index (χ2v) is 3.86. The van der Waals surface area contributed by atoms with Crippen molar-refractivity contribution in [1.29, 1.82) is 0 Å². The lowest BCUT2D eigenvalue weighted by Crippen LogP contribution is -2.15. The van der Waals surface area contributed by atoms with Crippen LogP contribution in [0, 0.1) is 0 Å². The number of benzene rings is 1. The number of rotatable bonds is 2. The molecule has 1 aromatic carbocycles. The van der Waals surface area contributed by atoms with Gasteiger partial charge in [-0.05, 0) is 24.3 Å². The van der Waals surface area contributed by atoms with Gasteiger partial charge in [0.25, 0.3) is 11.5 Å². The molecule has 104 valence electrons. The molecule has 0 aliphatic carbocycles. The first kappa shape index (κ1) is 13.8. The summed E-state index contributed by atoms with van der Waals surface area (Å²) >= 11 is 0. The van der Waals surface area contributed by atoms with E-state index in [2.05, 4.69) is 15.5 Å². The van der Waals surface area contributed by atoms with Gasteiger partial charge in [0.15, 0.2) is 0 Å². The molecule has 0 aliphatic rings. The first-order chi connectivity index (χ1) is 9.36. The first-order valence-corrected chi connectivity index (χ1v) is 5.39. The lowest BCUT2D eigenvalue weighted by atomic mass is 10.1. The Balaban J connectivity index is 2.16. The molecular formula is C12H8F3N3O2. The van der Waals surface area contributed by atoms with E-state index < -0.39 is 23.2 Å². The summed E-state index contributed by atoms with van der Waals surface area (Å²) in [6.07, 6.45) is -3.24. The number of hydrogen-bond donors (Lipinski definition) is 2. The molecule has 0 fully saturated rings. The van der Waals surface area contributed by atoms with Gasteiger partial charge in [0.2, 0.25) is 0 Å². The first-order valence-electron chi connectivity index (χ1n) is 5.39. The molecular weight excluding hydrogens is 275 g/mol. The minimum absolute atomic E-state index is 0.0401. The molecule has 0 radical (unpaired) electrons. The second-order valence-electron chi connectivity index (χ2n) is 3.86. The molecule has 8 heteroatoms. The van der Waals surface area contributed by atoms with Crippen molar-refractivity contribution in [3.05, 3.63) is 58.0 Å². The summed E-state index contributed by atoms with van der Waals surface area (Å²) in [5.74, 6) is -0.633. The van der Waals surface area contributed by atoms with Crippen molar-refractivity contribution < 1.29 is 18.0 Å². The van der Waals surface area contributed by atoms with Gasteiger partial charge in [-0.2, -0.15) is 18.3 Å². The SMILES string of the molecule is O=C(Nc1cn[nH]c(=O)c1)c1ccc(C(F)(F)F)cc1. The maximum atomic E-state index is 12.4. The Hall–Kier alpha value is -2.64. The Morgan fingerprint density at radius 3 is 2.40 bits per heavy atom. The molecule has 2 N–H and O–H groups in total. The van der Waals surface area contributed by atoms with Crippen molar-refractivity contribution in [2.45, 2.75) is 6.18 Å². The number of anilines is 1. The molecule has 1 amide bonds. The van der Waals surface area contributed by atoms with Crippen LogP contribution >= 0.6 is 0 Å². The highest BCUT2D eigenvalue weighted by molar-refractivity contribution is 6.04. The number of nitrogens with zero attached hydrogens (tertiary/aromatic N) is 1. The standard InChI is InChI=1S/C12H8F3N3O2/c13-12(14,15)8-3-1-7(2-4-8)11(20)17-9-5-10(19)18-16-6-9/h1-6H,(H2,17,18,19,20). The fraction of sp³-hybridized carbons (Fsp3) is 0.0833. The maximum absolute atomic E-state index is 12.4. The summed E-state index contributed by atoms with van der Waals surface area (Å²) < 4.78 is 37.1. The van der Waals surface area contributed by atoms with E-state index in [4.69, 9.17) is 0 Å². The molecule has 2 aromatic rings. The Bertz CT molecular complexity index is 677. The van der Waals surface area contributed by atoms with Crippen LogP contribution in [0.2, 0.25) is 0 Å². The predicted octanol–water partition coefficient (Wildman–Crippen LogP) is 2.04. The number of carbonyl (C=O) groups is 1. The third-order valence-electron chi connectivity index (χ3n) is 2.40. The van der Waals surface area contributed by atoms with Crippen molar-refractivity contribution >= 4 is 11.6 Å². The van der Waals surface area contributed by atoms with Gasteiger partial charge in [-0.25, -0.2) is 5.10 Å². The molecule has 0 bridgehead atoms. The summed E-state index contributed by atoms with van der Waals surface area (Å²) in [6.45, 7) is 0. The third kappa shape index (κ3) is 3.22. The highest BCUT2D eigenvalue weighted by Gasteiger charge is 2.30. The quantitative estimate of drug-likeness (QED) is 0.885. The van der Waals surface area contributed by atoms with Crippen LogP contribution in [-0.4, -0.2) is 16.1 Å². The molecule has 1 heterocycles. The summed E-state index contributed by atoms with van der Waals surface area (Å²) in [7, 11) is 0. The highest BCUT2D eigenvalue weighted by Crippen LogP contribution is 2.29. The van der Waals surface area contributed by atoms with Crippen LogP contribution in [0.3, 0.4) is 0 Å². The van der Waals surface area contributed by atoms with Crippen LogP contribution in [0.5, 0.6) is 0 Å². The smallest absolute Gasteiger partial charge is 0.320 e. The number of alkyl halides is 3. The third-order valence-corrected chi connectivity index (χ3v) is 2.40. The summed E-state index contributed by atoms with van der Waals surface area (Å²) in [4.78, 5) is 22.7. The van der Waals surface area contributed by atoms with E-state index in [1.807, 2.05) is 0 Å². The number of hydrogen-bond acceptors (Lipinski definition) is 3. The van der Waals surface area contributed by atoms with Gasteiger partial charge in [-0.15, -0.1) is 0 Å². The van der Waals surface area contributed by atoms with Crippen LogP contribution in [-0.2, 0) is 6.18 Å². The van der Waals surface area contributed by atoms with Crippen LogP contribution < -0.4 is 10.9 Å². The molecule has 5 nitrogen and oxygen atoms in total. The monoisotopic (exact) mass is 283 g/mol. The van der Waals surface area contributed by atoms with Crippen LogP contribution in [0.15, 0.2) is 41.3 Å². The average molecular weight is 283 g/mol. The van der Waals surface area contributed by atoms with Crippen molar-refractivity contribution in [2.24, 2.45) is 0 Å². The fourth-order valence-electron chi connectivity index (χ4n) is 1.46. The number of nitrogens with one attached hydrogen (secondary N) is 2. The number of aromatic nitrogens is 2. The minimum atomic E-state index is -4.45. The average Bonchev–Trinajstić information content (AvgIpc) is 2.38. The zero-order chi connectivity index (χ0) is 14.8. The Morgan fingerprint density at radius 1 is 1.20 bits per heavy atom. The lowest BCUT2D eigenvalue weighted by molar-refractivity contribution is -0.137. The van der Waals surface area contributed by atoms with Gasteiger partial charge in [-0.1, -0.05) is 0 Å². The Morgan fingerprint density at radius 2 is 1.85 bits per heavy atom. The summed E-state index contributed by atoms with van der Waals surface area (Å²) in [5.41, 5.74) is -1.15. The van der Waals surface area contributed by atoms with E-state index in [0.717, 1.165) is 30.3 Å². The zero-order valence-electron chi connectivity index (χ0n) is 9.86. The Labute approximate surface area is 110 Å². The number of amides is 1. The predicted molar refractivity (Wildman–Crippen MR) is 64.3 cm³/mol. The largest absolute Gasteiger partial charge is 0.416 e. The molecule has 0 atom stereocenters. The van der Waals surface area contributed by atoms with E-state index in [0.29, 0.717) is 0 Å². The van der Waals surface area contributed by atoms with Gasteiger partial charge in [-0.3, -0.25) is 9.59 Å². The van der Waals surface area contributed by atoms with Crippen molar-refractivity contribution in [3.8, 4) is 0 Å². The minimum Gasteiger partial charge on any atom is -0.320 e. The summed E-state index contributed by atoms with van der Waals surface area (Å²) in [6, 6.07) is 4.84. The molecule has 1 aromatic heterocycles. The molecule has 0 unspecified atom stereocenters. The summed E-state index contributed by atoms with van der Waals surface area (Å²) in [5, 5.41) is 7.96. The van der Waals surface area contributed by atoms with E-state index in [-0.39, 0.29) is 11.3 Å². The van der Waals surface area contributed by atoms with Gasteiger partial charge in [0.05, 0.1) is 17.4 Å². The van der Waals surface area contributed by atoms with E-state index in [1.165, 1.54) is 6.20 Å². The lowest BCUT2D eigenvalue weighted by Gasteiger charge is -2.08. The number of carbonyl (C=O) groups excluding carboxylic acids is 1. The van der Waals surface area contributed by atoms with Crippen LogP contribution in [0.1, 0.15) is 15.9 Å². The van der Waals surface area contributed by atoms with Crippen molar-refractivity contribution in [3.63, 3.8) is 0 Å². The van der Waals surface area contributed by atoms with E-state index in [1.54, 1.807) is 0 Å². The highest BCUT2D eigenvalue weighted by atomic mass is 19.4. The van der Waals surface area contributed by atoms with Gasteiger partial charge in [0, 0.05) is 11.6 Å². The maximum Gasteiger partial charge on any atom is 0.416 e.